The van der Waals surface area contributed by atoms with Crippen LogP contribution in [0.3, 0.4) is 0 Å². The van der Waals surface area contributed by atoms with Gasteiger partial charge in [-0.1, -0.05) is 204 Å². The minimum absolute atomic E-state index is 0.0618. The van der Waals surface area contributed by atoms with Gasteiger partial charge in [-0.15, -0.1) is 0 Å². The van der Waals surface area contributed by atoms with Crippen molar-refractivity contribution in [3.05, 3.63) is 60.8 Å². The molecule has 5 heteroatoms. The monoisotopic (exact) mass is 811 g/mol. The van der Waals surface area contributed by atoms with Gasteiger partial charge >= 0.3 is 11.9 Å². The van der Waals surface area contributed by atoms with Crippen molar-refractivity contribution in [1.29, 1.82) is 0 Å². The van der Waals surface area contributed by atoms with Crippen molar-refractivity contribution in [2.45, 2.75) is 245 Å². The summed E-state index contributed by atoms with van der Waals surface area (Å²) in [6.07, 6.45) is 60.8. The first-order valence-electron chi connectivity index (χ1n) is 24.8. The highest BCUT2D eigenvalue weighted by Crippen LogP contribution is 2.14. The van der Waals surface area contributed by atoms with Gasteiger partial charge in [-0.05, 0) is 83.5 Å². The predicted octanol–water partition coefficient (Wildman–Crippen LogP) is 16.6. The first-order valence-corrected chi connectivity index (χ1v) is 24.8. The Labute approximate surface area is 360 Å². The number of rotatable bonds is 45. The van der Waals surface area contributed by atoms with Crippen molar-refractivity contribution in [2.75, 3.05) is 19.8 Å². The molecular formula is C53H94O5. The third-order valence-electron chi connectivity index (χ3n) is 10.5. The maximum atomic E-state index is 12.8. The topological polar surface area (TPSA) is 61.8 Å². The van der Waals surface area contributed by atoms with Gasteiger partial charge in [0.2, 0.25) is 0 Å². The van der Waals surface area contributed by atoms with Crippen molar-refractivity contribution in [3.63, 3.8) is 0 Å². The molecule has 336 valence electrons. The molecular weight excluding hydrogens is 717 g/mol. The lowest BCUT2D eigenvalue weighted by Crippen LogP contribution is -2.30. The molecule has 0 N–H and O–H groups in total. The van der Waals surface area contributed by atoms with E-state index in [0.29, 0.717) is 19.4 Å². The lowest BCUT2D eigenvalue weighted by molar-refractivity contribution is -0.163. The molecule has 0 spiro atoms. The summed E-state index contributed by atoms with van der Waals surface area (Å²) in [7, 11) is 0. The zero-order valence-corrected chi connectivity index (χ0v) is 38.6. The summed E-state index contributed by atoms with van der Waals surface area (Å²) in [5, 5.41) is 0. The lowest BCUT2D eigenvalue weighted by Gasteiger charge is -2.18. The Morgan fingerprint density at radius 2 is 0.776 bits per heavy atom. The molecule has 0 amide bonds. The molecule has 0 aromatic rings. The Bertz CT molecular complexity index is 1010. The zero-order chi connectivity index (χ0) is 42.1. The van der Waals surface area contributed by atoms with Gasteiger partial charge in [-0.3, -0.25) is 9.59 Å². The van der Waals surface area contributed by atoms with E-state index in [9.17, 15) is 9.59 Å². The summed E-state index contributed by atoms with van der Waals surface area (Å²) in [6, 6.07) is 0. The number of hydrogen-bond donors (Lipinski definition) is 0. The first kappa shape index (κ1) is 55.6. The molecule has 1 atom stereocenters. The Balaban J connectivity index is 4.33. The van der Waals surface area contributed by atoms with Crippen LogP contribution < -0.4 is 0 Å². The fourth-order valence-corrected chi connectivity index (χ4v) is 6.85. The molecule has 5 nitrogen and oxygen atoms in total. The van der Waals surface area contributed by atoms with E-state index in [0.717, 1.165) is 83.5 Å². The second-order valence-corrected chi connectivity index (χ2v) is 16.3. The van der Waals surface area contributed by atoms with E-state index in [4.69, 9.17) is 14.2 Å². The van der Waals surface area contributed by atoms with Gasteiger partial charge in [0.05, 0.1) is 6.61 Å². The number of allylic oxidation sites excluding steroid dienone is 10. The standard InChI is InChI=1S/C53H94O5/c1-4-7-10-13-16-19-22-25-27-29-31-34-37-40-43-46-52(54)57-50-51(49-56-48-45-42-39-36-33-30-26-23-20-17-14-11-8-5-2)58-53(55)47-44-41-38-35-32-28-24-21-18-15-12-9-6-3/h7,10,16,19,21,24-25,27,31,34,51H,4-6,8-9,11-15,17-18,20,22-23,26,28-30,32-33,35-50H2,1-3H3/b10-7-,19-16-,24-21-,27-25-,34-31-. The fourth-order valence-electron chi connectivity index (χ4n) is 6.85. The van der Waals surface area contributed by atoms with Crippen LogP contribution in [-0.2, 0) is 23.8 Å². The van der Waals surface area contributed by atoms with Crippen LogP contribution in [0, 0.1) is 0 Å². The van der Waals surface area contributed by atoms with E-state index in [1.807, 2.05) is 0 Å². The van der Waals surface area contributed by atoms with Crippen molar-refractivity contribution in [1.82, 2.24) is 0 Å². The average Bonchev–Trinajstić information content (AvgIpc) is 3.22. The molecule has 0 bridgehead atoms. The SMILES string of the molecule is CC/C=C\C/C=C\C/C=C\C/C=C\CCCCC(=O)OCC(COCCCCCCCCCCCCCCCC)OC(=O)CCCCCCC/C=C\CCCCCC. The quantitative estimate of drug-likeness (QED) is 0.0348. The smallest absolute Gasteiger partial charge is 0.306 e. The van der Waals surface area contributed by atoms with Crippen LogP contribution in [0.4, 0.5) is 0 Å². The number of esters is 2. The van der Waals surface area contributed by atoms with Gasteiger partial charge in [0.1, 0.15) is 6.61 Å². The third kappa shape index (κ3) is 46.3. The van der Waals surface area contributed by atoms with Crippen LogP contribution in [0.2, 0.25) is 0 Å². The summed E-state index contributed by atoms with van der Waals surface area (Å²) in [5.74, 6) is -0.449. The summed E-state index contributed by atoms with van der Waals surface area (Å²) < 4.78 is 17.3. The summed E-state index contributed by atoms with van der Waals surface area (Å²) in [4.78, 5) is 25.3. The number of carbonyl (C=O) groups excluding carboxylic acids is 2. The van der Waals surface area contributed by atoms with Crippen LogP contribution in [0.1, 0.15) is 239 Å². The van der Waals surface area contributed by atoms with Crippen molar-refractivity contribution in [2.24, 2.45) is 0 Å². The molecule has 0 aromatic heterocycles. The number of carbonyl (C=O) groups is 2. The summed E-state index contributed by atoms with van der Waals surface area (Å²) in [6.45, 7) is 7.67. The van der Waals surface area contributed by atoms with Crippen LogP contribution >= 0.6 is 0 Å². The van der Waals surface area contributed by atoms with Crippen LogP contribution in [0.25, 0.3) is 0 Å². The molecule has 0 radical (unpaired) electrons. The van der Waals surface area contributed by atoms with Gasteiger partial charge in [0.15, 0.2) is 6.10 Å². The highest BCUT2D eigenvalue weighted by atomic mass is 16.6. The number of ether oxygens (including phenoxy) is 3. The highest BCUT2D eigenvalue weighted by Gasteiger charge is 2.17. The Kier molecular flexibility index (Phi) is 46.9. The van der Waals surface area contributed by atoms with E-state index < -0.39 is 6.10 Å². The second-order valence-electron chi connectivity index (χ2n) is 16.3. The second kappa shape index (κ2) is 49.0. The van der Waals surface area contributed by atoms with Crippen LogP contribution in [0.15, 0.2) is 60.8 Å². The molecule has 0 aliphatic carbocycles. The molecule has 1 unspecified atom stereocenters. The highest BCUT2D eigenvalue weighted by molar-refractivity contribution is 5.70. The number of hydrogen-bond acceptors (Lipinski definition) is 5. The molecule has 0 rings (SSSR count). The Morgan fingerprint density at radius 1 is 0.397 bits per heavy atom. The maximum absolute atomic E-state index is 12.8. The molecule has 0 saturated heterocycles. The molecule has 0 aromatic carbocycles. The zero-order valence-electron chi connectivity index (χ0n) is 38.6. The molecule has 0 saturated carbocycles. The van der Waals surface area contributed by atoms with E-state index in [1.165, 1.54) is 122 Å². The maximum Gasteiger partial charge on any atom is 0.306 e. The van der Waals surface area contributed by atoms with Crippen LogP contribution in [-0.4, -0.2) is 37.9 Å². The number of unbranched alkanes of at least 4 members (excludes halogenated alkanes) is 24. The van der Waals surface area contributed by atoms with Gasteiger partial charge < -0.3 is 14.2 Å². The molecule has 0 heterocycles. The van der Waals surface area contributed by atoms with E-state index in [2.05, 4.69) is 81.5 Å². The largest absolute Gasteiger partial charge is 0.462 e. The average molecular weight is 811 g/mol. The normalized spacial score (nSPS) is 12.7. The van der Waals surface area contributed by atoms with E-state index in [1.54, 1.807) is 0 Å². The van der Waals surface area contributed by atoms with Crippen LogP contribution in [0.5, 0.6) is 0 Å². The van der Waals surface area contributed by atoms with Gasteiger partial charge in [0, 0.05) is 19.4 Å². The molecule has 0 aliphatic heterocycles. The third-order valence-corrected chi connectivity index (χ3v) is 10.5. The van der Waals surface area contributed by atoms with Gasteiger partial charge in [-0.25, -0.2) is 0 Å². The van der Waals surface area contributed by atoms with Crippen molar-refractivity contribution >= 4 is 11.9 Å². The Morgan fingerprint density at radius 3 is 1.31 bits per heavy atom. The molecule has 58 heavy (non-hydrogen) atoms. The fraction of sp³-hybridized carbons (Fsp3) is 0.774. The van der Waals surface area contributed by atoms with Gasteiger partial charge in [-0.2, -0.15) is 0 Å². The minimum Gasteiger partial charge on any atom is -0.462 e. The first-order chi connectivity index (χ1) is 28.6. The Hall–Kier alpha value is -2.40. The lowest BCUT2D eigenvalue weighted by atomic mass is 10.0. The molecule has 0 fully saturated rings. The van der Waals surface area contributed by atoms with Gasteiger partial charge in [0.25, 0.3) is 0 Å². The predicted molar refractivity (Wildman–Crippen MR) is 251 cm³/mol. The van der Waals surface area contributed by atoms with E-state index >= 15 is 0 Å². The molecule has 0 aliphatic rings. The minimum atomic E-state index is -0.554. The van der Waals surface area contributed by atoms with Crippen molar-refractivity contribution in [3.8, 4) is 0 Å². The van der Waals surface area contributed by atoms with Crippen molar-refractivity contribution < 1.29 is 23.8 Å². The summed E-state index contributed by atoms with van der Waals surface area (Å²) in [5.41, 5.74) is 0. The van der Waals surface area contributed by atoms with E-state index in [-0.39, 0.29) is 25.2 Å². The summed E-state index contributed by atoms with van der Waals surface area (Å²) >= 11 is 0.